The van der Waals surface area contributed by atoms with Crippen molar-refractivity contribution in [3.8, 4) is 0 Å². The Balaban J connectivity index is 1.82. The molecule has 1 aromatic heterocycles. The highest BCUT2D eigenvalue weighted by Crippen LogP contribution is 2.37. The summed E-state index contributed by atoms with van der Waals surface area (Å²) in [7, 11) is 1.20. The van der Waals surface area contributed by atoms with E-state index in [2.05, 4.69) is 16.0 Å². The fraction of sp³-hybridized carbons (Fsp3) is 0.174. The number of carbonyl (C=O) groups is 2. The molecule has 35 heavy (non-hydrogen) atoms. The van der Waals surface area contributed by atoms with Crippen LogP contribution in [0.1, 0.15) is 39.3 Å². The number of anilines is 3. The molecule has 184 valence electrons. The maximum atomic E-state index is 13.1. The van der Waals surface area contributed by atoms with E-state index in [9.17, 15) is 22.8 Å². The number of nitrogens with two attached hydrogens (primary N) is 1. The minimum absolute atomic E-state index is 0.105. The van der Waals surface area contributed by atoms with Crippen LogP contribution in [0.4, 0.5) is 35.0 Å². The molecule has 0 aliphatic rings. The summed E-state index contributed by atoms with van der Waals surface area (Å²) in [6.45, 7) is 1.66. The molecule has 0 saturated heterocycles. The number of nitrogen functional groups attached to an aromatic ring is 1. The van der Waals surface area contributed by atoms with Crippen LogP contribution in [-0.2, 0) is 10.9 Å². The number of benzene rings is 2. The Morgan fingerprint density at radius 1 is 1.11 bits per heavy atom. The van der Waals surface area contributed by atoms with Gasteiger partial charge in [0.15, 0.2) is 0 Å². The molecule has 3 rings (SSSR count). The third-order valence-corrected chi connectivity index (χ3v) is 5.90. The average Bonchev–Trinajstić information content (AvgIpc) is 3.20. The Bertz CT molecular complexity index is 1240. The lowest BCUT2D eigenvalue weighted by Gasteiger charge is -2.18. The van der Waals surface area contributed by atoms with Gasteiger partial charge in [-0.1, -0.05) is 12.1 Å². The van der Waals surface area contributed by atoms with Gasteiger partial charge in [-0.15, -0.1) is 11.3 Å². The number of alkyl halides is 3. The number of amidine groups is 1. The van der Waals surface area contributed by atoms with Crippen LogP contribution >= 0.6 is 11.3 Å². The van der Waals surface area contributed by atoms with E-state index in [0.717, 1.165) is 23.5 Å². The molecule has 1 heterocycles. The van der Waals surface area contributed by atoms with Gasteiger partial charge in [-0.3, -0.25) is 5.41 Å². The lowest BCUT2D eigenvalue weighted by molar-refractivity contribution is -0.137. The minimum atomic E-state index is -4.48. The molecule has 0 aliphatic carbocycles. The molecule has 0 spiro atoms. The molecule has 3 aromatic rings. The van der Waals surface area contributed by atoms with E-state index in [1.807, 2.05) is 0 Å². The monoisotopic (exact) mass is 505 g/mol. The maximum Gasteiger partial charge on any atom is 0.416 e. The number of ether oxygens (including phenoxy) is 1. The lowest BCUT2D eigenvalue weighted by Crippen LogP contribution is -2.21. The summed E-state index contributed by atoms with van der Waals surface area (Å²) in [6, 6.07) is 9.86. The van der Waals surface area contributed by atoms with Crippen molar-refractivity contribution < 1.29 is 27.5 Å². The van der Waals surface area contributed by atoms with E-state index >= 15 is 0 Å². The Kier molecular flexibility index (Phi) is 7.65. The number of amides is 2. The summed E-state index contributed by atoms with van der Waals surface area (Å²) in [6.07, 6.45) is -4.48. The molecule has 12 heteroatoms. The second kappa shape index (κ2) is 10.5. The van der Waals surface area contributed by atoms with Crippen LogP contribution in [0.15, 0.2) is 53.9 Å². The van der Waals surface area contributed by atoms with Crippen LogP contribution in [0, 0.1) is 5.41 Å². The summed E-state index contributed by atoms with van der Waals surface area (Å²) < 4.78 is 44.1. The highest BCUT2D eigenvalue weighted by atomic mass is 32.1. The number of thiophene rings is 1. The molecular formula is C23H22F3N5O3S. The topological polar surface area (TPSA) is 129 Å². The van der Waals surface area contributed by atoms with Gasteiger partial charge in [-0.05, 0) is 48.9 Å². The van der Waals surface area contributed by atoms with Crippen molar-refractivity contribution in [3.05, 3.63) is 75.5 Å². The van der Waals surface area contributed by atoms with Crippen LogP contribution in [0.2, 0.25) is 0 Å². The normalized spacial score (nSPS) is 11.9. The Morgan fingerprint density at radius 2 is 1.80 bits per heavy atom. The predicted octanol–water partition coefficient (Wildman–Crippen LogP) is 5.65. The number of nitrogens with one attached hydrogen (secondary N) is 4. The van der Waals surface area contributed by atoms with Crippen molar-refractivity contribution in [2.24, 2.45) is 5.73 Å². The molecule has 0 fully saturated rings. The zero-order valence-electron chi connectivity index (χ0n) is 18.6. The Morgan fingerprint density at radius 3 is 2.40 bits per heavy atom. The van der Waals surface area contributed by atoms with Crippen molar-refractivity contribution >= 4 is 46.2 Å². The molecule has 0 radical (unpaired) electrons. The smallest absolute Gasteiger partial charge is 0.416 e. The molecule has 1 unspecified atom stereocenters. The first-order valence-electron chi connectivity index (χ1n) is 10.2. The third-order valence-electron chi connectivity index (χ3n) is 4.94. The number of carbonyl (C=O) groups excluding carboxylic acids is 2. The number of hydrogen-bond acceptors (Lipinski definition) is 6. The van der Waals surface area contributed by atoms with Gasteiger partial charge in [0.05, 0.1) is 24.0 Å². The maximum absolute atomic E-state index is 13.1. The molecule has 6 N–H and O–H groups in total. The summed E-state index contributed by atoms with van der Waals surface area (Å²) in [4.78, 5) is 25.0. The van der Waals surface area contributed by atoms with Crippen molar-refractivity contribution in [3.63, 3.8) is 0 Å². The highest BCUT2D eigenvalue weighted by Gasteiger charge is 2.31. The quantitative estimate of drug-likeness (QED) is 0.161. The third kappa shape index (κ3) is 6.29. The second-order valence-electron chi connectivity index (χ2n) is 7.40. The van der Waals surface area contributed by atoms with Crippen molar-refractivity contribution in [1.29, 1.82) is 5.41 Å². The molecule has 0 saturated carbocycles. The van der Waals surface area contributed by atoms with Crippen LogP contribution < -0.4 is 21.7 Å². The minimum Gasteiger partial charge on any atom is -0.465 e. The molecule has 0 aliphatic heterocycles. The molecule has 0 bridgehead atoms. The molecular weight excluding hydrogens is 483 g/mol. The first-order chi connectivity index (χ1) is 16.5. The van der Waals surface area contributed by atoms with E-state index in [0.29, 0.717) is 22.5 Å². The van der Waals surface area contributed by atoms with Gasteiger partial charge in [0.2, 0.25) is 0 Å². The van der Waals surface area contributed by atoms with Gasteiger partial charge in [0, 0.05) is 22.7 Å². The van der Waals surface area contributed by atoms with Crippen molar-refractivity contribution in [1.82, 2.24) is 0 Å². The first kappa shape index (κ1) is 25.6. The lowest BCUT2D eigenvalue weighted by atomic mass is 10.0. The SMILES string of the molecule is COC(=O)c1scc(NC(C)c2cccc(C(F)(F)F)c2)c1NC(=O)Nc1ccc(C(=N)N)cc1. The van der Waals surface area contributed by atoms with E-state index in [-0.39, 0.29) is 16.4 Å². The summed E-state index contributed by atoms with van der Waals surface area (Å²) in [5, 5.41) is 17.2. The van der Waals surface area contributed by atoms with E-state index in [4.69, 9.17) is 15.9 Å². The van der Waals surface area contributed by atoms with E-state index in [1.165, 1.54) is 13.2 Å². The molecule has 2 amide bonds. The molecule has 2 aromatic carbocycles. The summed E-state index contributed by atoms with van der Waals surface area (Å²) >= 11 is 1.01. The number of esters is 1. The largest absolute Gasteiger partial charge is 0.465 e. The van der Waals surface area contributed by atoms with Gasteiger partial charge in [-0.2, -0.15) is 13.2 Å². The van der Waals surface area contributed by atoms with E-state index in [1.54, 1.807) is 42.6 Å². The summed E-state index contributed by atoms with van der Waals surface area (Å²) in [5.74, 6) is -0.802. The van der Waals surface area contributed by atoms with Gasteiger partial charge in [-0.25, -0.2) is 9.59 Å². The van der Waals surface area contributed by atoms with Crippen LogP contribution in [0.3, 0.4) is 0 Å². The number of hydrogen-bond donors (Lipinski definition) is 5. The Labute approximate surface area is 202 Å². The highest BCUT2D eigenvalue weighted by molar-refractivity contribution is 7.13. The van der Waals surface area contributed by atoms with Crippen LogP contribution in [0.5, 0.6) is 0 Å². The van der Waals surface area contributed by atoms with Crippen LogP contribution in [0.25, 0.3) is 0 Å². The zero-order valence-corrected chi connectivity index (χ0v) is 19.4. The van der Waals surface area contributed by atoms with Crippen LogP contribution in [-0.4, -0.2) is 24.9 Å². The van der Waals surface area contributed by atoms with Crippen molar-refractivity contribution in [2.45, 2.75) is 19.1 Å². The van der Waals surface area contributed by atoms with Gasteiger partial charge in [0.25, 0.3) is 0 Å². The number of rotatable bonds is 7. The first-order valence-corrected chi connectivity index (χ1v) is 11.0. The summed E-state index contributed by atoms with van der Waals surface area (Å²) in [5.41, 5.74) is 6.36. The van der Waals surface area contributed by atoms with E-state index < -0.39 is 29.8 Å². The number of methoxy groups -OCH3 is 1. The fourth-order valence-corrected chi connectivity index (χ4v) is 4.02. The molecule has 1 atom stereocenters. The number of urea groups is 1. The fourth-order valence-electron chi connectivity index (χ4n) is 3.14. The van der Waals surface area contributed by atoms with Crippen molar-refractivity contribution in [2.75, 3.05) is 23.1 Å². The van der Waals surface area contributed by atoms with Gasteiger partial charge >= 0.3 is 18.2 Å². The molecule has 8 nitrogen and oxygen atoms in total. The standard InChI is InChI=1S/C23H22F3N5O3S/c1-12(14-4-3-5-15(10-14)23(24,25)26)29-17-11-35-19(21(32)34-2)18(17)31-22(33)30-16-8-6-13(7-9-16)20(27)28/h3-12,29H,1-2H3,(H3,27,28)(H2,30,31,33). The van der Waals surface area contributed by atoms with Gasteiger partial charge in [0.1, 0.15) is 10.7 Å². The number of halogens is 3. The van der Waals surface area contributed by atoms with Gasteiger partial charge < -0.3 is 26.4 Å². The zero-order chi connectivity index (χ0) is 25.8. The Hall–Kier alpha value is -4.06. The predicted molar refractivity (Wildman–Crippen MR) is 129 cm³/mol. The average molecular weight is 506 g/mol. The second-order valence-corrected chi connectivity index (χ2v) is 8.28.